The van der Waals surface area contributed by atoms with Crippen LogP contribution in [0.2, 0.25) is 0 Å². The number of carbonyl (C=O) groups excluding carboxylic acids is 2. The van der Waals surface area contributed by atoms with Gasteiger partial charge in [-0.15, -0.1) is 0 Å². The second kappa shape index (κ2) is 8.86. The summed E-state index contributed by atoms with van der Waals surface area (Å²) in [5.41, 5.74) is 10.1. The molecule has 4 heterocycles. The molecule has 184 valence electrons. The maximum absolute atomic E-state index is 12.8. The van der Waals surface area contributed by atoms with Crippen LogP contribution in [0.15, 0.2) is 61.1 Å². The molecule has 1 aliphatic carbocycles. The van der Waals surface area contributed by atoms with Gasteiger partial charge in [0.05, 0.1) is 6.42 Å². The number of likely N-dealkylation sites (tertiary alicyclic amines) is 1. The van der Waals surface area contributed by atoms with Crippen LogP contribution in [0.1, 0.15) is 47.6 Å². The second-order valence-electron chi connectivity index (χ2n) is 9.82. The molecular weight excluding hydrogens is 464 g/mol. The number of rotatable bonds is 5. The first-order valence-corrected chi connectivity index (χ1v) is 12.4. The van der Waals surface area contributed by atoms with E-state index in [9.17, 15) is 9.59 Å². The molecule has 6 rings (SSSR count). The maximum atomic E-state index is 12.8. The summed E-state index contributed by atoms with van der Waals surface area (Å²) in [6, 6.07) is 13.0. The Kier molecular flexibility index (Phi) is 5.49. The van der Waals surface area contributed by atoms with Gasteiger partial charge < -0.3 is 10.6 Å². The molecule has 2 N–H and O–H groups in total. The Morgan fingerprint density at radius 1 is 1.14 bits per heavy atom. The number of ketones is 1. The average Bonchev–Trinajstić information content (AvgIpc) is 3.23. The lowest BCUT2D eigenvalue weighted by Crippen LogP contribution is -2.27. The highest BCUT2D eigenvalue weighted by Crippen LogP contribution is 2.64. The average molecular weight is 491 g/mol. The molecule has 1 spiro atoms. The largest absolute Gasteiger partial charge is 0.382 e. The van der Waals surface area contributed by atoms with E-state index in [4.69, 9.17) is 10.7 Å². The molecule has 1 aromatic carbocycles. The first-order valence-electron chi connectivity index (χ1n) is 12.4. The molecule has 3 aromatic heterocycles. The van der Waals surface area contributed by atoms with E-state index in [2.05, 4.69) is 21.8 Å². The number of nitrogens with two attached hydrogens (primary N) is 1. The predicted molar refractivity (Wildman–Crippen MR) is 140 cm³/mol. The molecule has 2 unspecified atom stereocenters. The summed E-state index contributed by atoms with van der Waals surface area (Å²) in [4.78, 5) is 40.5. The summed E-state index contributed by atoms with van der Waals surface area (Å²) < 4.78 is 2.04. The second-order valence-corrected chi connectivity index (χ2v) is 9.82. The van der Waals surface area contributed by atoms with Crippen molar-refractivity contribution in [3.05, 3.63) is 78.1 Å². The van der Waals surface area contributed by atoms with Gasteiger partial charge in [-0.25, -0.2) is 9.97 Å². The number of nitrogens with zero attached hydrogens (tertiary/aromatic N) is 5. The highest BCUT2D eigenvalue weighted by atomic mass is 16.2. The van der Waals surface area contributed by atoms with Crippen LogP contribution in [0.5, 0.6) is 0 Å². The van der Waals surface area contributed by atoms with E-state index in [1.54, 1.807) is 19.3 Å². The summed E-state index contributed by atoms with van der Waals surface area (Å²) in [5.74, 6) is 6.83. The lowest BCUT2D eigenvalue weighted by molar-refractivity contribution is -0.124. The van der Waals surface area contributed by atoms with Crippen LogP contribution in [0, 0.1) is 17.3 Å². The van der Waals surface area contributed by atoms with Crippen molar-refractivity contribution in [2.45, 2.75) is 32.1 Å². The van der Waals surface area contributed by atoms with Gasteiger partial charge in [0.2, 0.25) is 0 Å². The van der Waals surface area contributed by atoms with Crippen LogP contribution in [0.4, 0.5) is 5.82 Å². The zero-order valence-corrected chi connectivity index (χ0v) is 20.5. The Labute approximate surface area is 214 Å². The Morgan fingerprint density at radius 3 is 2.73 bits per heavy atom. The molecule has 4 aromatic rings. The van der Waals surface area contributed by atoms with Crippen LogP contribution in [-0.4, -0.2) is 49.0 Å². The molecule has 1 saturated carbocycles. The van der Waals surface area contributed by atoms with Gasteiger partial charge in [0, 0.05) is 59.8 Å². The highest BCUT2D eigenvalue weighted by Gasteiger charge is 2.60. The molecule has 37 heavy (non-hydrogen) atoms. The number of amides is 1. The SMILES string of the molecule is CC#CC(=O)N1CCC2(CC2c2nc(-c3ccc(C(=O)Cc4ccccn4)cc3)c3c(N)nccn23)C1. The summed E-state index contributed by atoms with van der Waals surface area (Å²) in [5, 5.41) is 0. The van der Waals surface area contributed by atoms with Crippen molar-refractivity contribution >= 4 is 23.0 Å². The lowest BCUT2D eigenvalue weighted by atomic mass is 10.0. The molecule has 8 nitrogen and oxygen atoms in total. The van der Waals surface area contributed by atoms with Crippen molar-refractivity contribution in [3.8, 4) is 23.1 Å². The van der Waals surface area contributed by atoms with E-state index in [0.29, 0.717) is 17.9 Å². The molecule has 2 fully saturated rings. The van der Waals surface area contributed by atoms with Gasteiger partial charge in [-0.2, -0.15) is 0 Å². The van der Waals surface area contributed by atoms with Gasteiger partial charge in [-0.3, -0.25) is 19.0 Å². The van der Waals surface area contributed by atoms with Crippen molar-refractivity contribution in [3.63, 3.8) is 0 Å². The minimum absolute atomic E-state index is 0.00911. The number of nitrogen functional groups attached to an aromatic ring is 1. The number of fused-ring (bicyclic) bond motifs is 1. The fourth-order valence-corrected chi connectivity index (χ4v) is 5.54. The van der Waals surface area contributed by atoms with Gasteiger partial charge in [0.25, 0.3) is 5.91 Å². The van der Waals surface area contributed by atoms with Crippen molar-refractivity contribution in [2.24, 2.45) is 5.41 Å². The summed E-state index contributed by atoms with van der Waals surface area (Å²) in [6.07, 6.45) is 7.43. The fourth-order valence-electron chi connectivity index (χ4n) is 5.54. The van der Waals surface area contributed by atoms with Gasteiger partial charge in [-0.1, -0.05) is 36.3 Å². The zero-order chi connectivity index (χ0) is 25.6. The number of pyridine rings is 1. The highest BCUT2D eigenvalue weighted by molar-refractivity contribution is 5.98. The first kappa shape index (κ1) is 22.9. The predicted octanol–water partition coefficient (Wildman–Crippen LogP) is 3.53. The van der Waals surface area contributed by atoms with E-state index in [1.807, 2.05) is 58.0 Å². The van der Waals surface area contributed by atoms with Crippen molar-refractivity contribution in [1.82, 2.24) is 24.3 Å². The third-order valence-electron chi connectivity index (χ3n) is 7.56. The Bertz CT molecular complexity index is 1580. The monoisotopic (exact) mass is 490 g/mol. The van der Waals surface area contributed by atoms with Gasteiger partial charge in [-0.05, 0) is 37.8 Å². The minimum Gasteiger partial charge on any atom is -0.382 e. The lowest BCUT2D eigenvalue weighted by Gasteiger charge is -2.13. The van der Waals surface area contributed by atoms with Gasteiger partial charge in [0.15, 0.2) is 5.78 Å². The van der Waals surface area contributed by atoms with Gasteiger partial charge >= 0.3 is 0 Å². The van der Waals surface area contributed by atoms with Crippen LogP contribution >= 0.6 is 0 Å². The Hall–Kier alpha value is -4.51. The van der Waals surface area contributed by atoms with Crippen molar-refractivity contribution in [1.29, 1.82) is 0 Å². The molecular formula is C29H26N6O2. The van der Waals surface area contributed by atoms with Crippen LogP contribution in [0.3, 0.4) is 0 Å². The molecule has 1 amide bonds. The summed E-state index contributed by atoms with van der Waals surface area (Å²) >= 11 is 0. The minimum atomic E-state index is -0.107. The van der Waals surface area contributed by atoms with Crippen LogP contribution in [0.25, 0.3) is 16.8 Å². The van der Waals surface area contributed by atoms with E-state index in [0.717, 1.165) is 47.7 Å². The number of carbonyl (C=O) groups is 2. The maximum Gasteiger partial charge on any atom is 0.298 e. The van der Waals surface area contributed by atoms with Crippen LogP contribution < -0.4 is 5.73 Å². The third-order valence-corrected chi connectivity index (χ3v) is 7.56. The summed E-state index contributed by atoms with van der Waals surface area (Å²) in [7, 11) is 0. The number of benzene rings is 1. The van der Waals surface area contributed by atoms with E-state index in [-0.39, 0.29) is 29.4 Å². The number of imidazole rings is 1. The molecule has 1 saturated heterocycles. The summed E-state index contributed by atoms with van der Waals surface area (Å²) in [6.45, 7) is 3.10. The number of hydrogen-bond donors (Lipinski definition) is 1. The number of hydrogen-bond acceptors (Lipinski definition) is 6. The topological polar surface area (TPSA) is 106 Å². The van der Waals surface area contributed by atoms with E-state index < -0.39 is 0 Å². The fraction of sp³-hybridized carbons (Fsp3) is 0.276. The molecule has 2 atom stereocenters. The number of Topliss-reactive ketones (excluding diaryl/α,β-unsaturated/α-hetero) is 1. The standard InChI is InChI=1S/C29H26N6O2/c1-2-5-24(37)34-14-11-29(18-34)17-22(29)28-33-25(26-27(30)32-13-15-35(26)28)20-9-7-19(8-10-20)23(36)16-21-6-3-4-12-31-21/h3-4,6-10,12-13,15,22H,11,14,16-18H2,1H3,(H2,30,32). The molecule has 0 radical (unpaired) electrons. The Morgan fingerprint density at radius 2 is 1.97 bits per heavy atom. The molecule has 0 bridgehead atoms. The zero-order valence-electron chi connectivity index (χ0n) is 20.5. The Balaban J connectivity index is 1.29. The molecule has 8 heteroatoms. The molecule has 2 aliphatic rings. The first-order chi connectivity index (χ1) is 18.0. The van der Waals surface area contributed by atoms with E-state index in [1.165, 1.54) is 0 Å². The van der Waals surface area contributed by atoms with Gasteiger partial charge in [0.1, 0.15) is 22.9 Å². The number of aromatic nitrogens is 4. The smallest absolute Gasteiger partial charge is 0.298 e. The third kappa shape index (κ3) is 4.02. The molecule has 1 aliphatic heterocycles. The van der Waals surface area contributed by atoms with Crippen molar-refractivity contribution < 1.29 is 9.59 Å². The van der Waals surface area contributed by atoms with Crippen molar-refractivity contribution in [2.75, 3.05) is 18.8 Å². The number of anilines is 1. The quantitative estimate of drug-likeness (QED) is 0.339. The van der Waals surface area contributed by atoms with E-state index >= 15 is 0 Å². The van der Waals surface area contributed by atoms with Crippen LogP contribution in [-0.2, 0) is 11.2 Å². The normalized spacial score (nSPS) is 20.1.